The van der Waals surface area contributed by atoms with Crippen molar-refractivity contribution in [1.82, 2.24) is 14.7 Å². The summed E-state index contributed by atoms with van der Waals surface area (Å²) in [5.41, 5.74) is 3.43. The predicted molar refractivity (Wildman–Crippen MR) is 110 cm³/mol. The minimum Gasteiger partial charge on any atom is -0.349 e. The van der Waals surface area contributed by atoms with Crippen molar-refractivity contribution in [2.75, 3.05) is 6.26 Å². The molecule has 0 aromatic carbocycles. The normalized spacial score (nSPS) is 21.0. The average molecular weight is 370 g/mol. The van der Waals surface area contributed by atoms with Crippen LogP contribution in [0.15, 0.2) is 42.0 Å². The Labute approximate surface area is 159 Å². The minimum atomic E-state index is -0.0137. The Bertz CT molecular complexity index is 844. The molecular formula is C21H27N3OS. The third kappa shape index (κ3) is 3.88. The first kappa shape index (κ1) is 18.8. The lowest BCUT2D eigenvalue weighted by atomic mass is 9.85. The molecule has 1 aliphatic carbocycles. The summed E-state index contributed by atoms with van der Waals surface area (Å²) in [6.07, 6.45) is 12.3. The summed E-state index contributed by atoms with van der Waals surface area (Å²) in [4.78, 5) is 18.8. The summed E-state index contributed by atoms with van der Waals surface area (Å²) >= 11 is 1.81. The van der Waals surface area contributed by atoms with Gasteiger partial charge in [-0.25, -0.2) is 4.98 Å². The average Bonchev–Trinajstić information content (AvgIpc) is 3.04. The molecule has 2 aromatic heterocycles. The summed E-state index contributed by atoms with van der Waals surface area (Å²) < 4.78 is 1.98. The van der Waals surface area contributed by atoms with Gasteiger partial charge in [-0.1, -0.05) is 18.7 Å². The number of carbonyl (C=O) groups is 1. The van der Waals surface area contributed by atoms with Crippen LogP contribution in [-0.4, -0.2) is 27.6 Å². The highest BCUT2D eigenvalue weighted by Gasteiger charge is 2.25. The first-order valence-electron chi connectivity index (χ1n) is 9.16. The van der Waals surface area contributed by atoms with Gasteiger partial charge < -0.3 is 9.72 Å². The Morgan fingerprint density at radius 1 is 1.35 bits per heavy atom. The van der Waals surface area contributed by atoms with Crippen LogP contribution in [0.5, 0.6) is 0 Å². The lowest BCUT2D eigenvalue weighted by molar-refractivity contribution is 0.0926. The van der Waals surface area contributed by atoms with E-state index in [2.05, 4.69) is 29.2 Å². The van der Waals surface area contributed by atoms with E-state index in [1.54, 1.807) is 0 Å². The molecule has 138 valence electrons. The van der Waals surface area contributed by atoms with Gasteiger partial charge in [0.1, 0.15) is 5.65 Å². The van der Waals surface area contributed by atoms with Gasteiger partial charge in [-0.3, -0.25) is 4.79 Å². The SMILES string of the molecule is C=C/C=C(\SC)C1CCC(NC(=O)c2ccn3c(C)cc(C)nc23)CC1. The molecule has 1 saturated carbocycles. The summed E-state index contributed by atoms with van der Waals surface area (Å²) in [5, 5.41) is 3.22. The van der Waals surface area contributed by atoms with Crippen LogP contribution in [0.25, 0.3) is 5.65 Å². The van der Waals surface area contributed by atoms with Crippen LogP contribution in [0.1, 0.15) is 47.4 Å². The number of nitrogens with one attached hydrogen (secondary N) is 1. The second-order valence-corrected chi connectivity index (χ2v) is 7.87. The van der Waals surface area contributed by atoms with Gasteiger partial charge in [0.15, 0.2) is 0 Å². The molecule has 5 heteroatoms. The third-order valence-corrected chi connectivity index (χ3v) is 6.11. The number of rotatable bonds is 5. The Hall–Kier alpha value is -2.01. The fourth-order valence-corrected chi connectivity index (χ4v) is 4.64. The van der Waals surface area contributed by atoms with Gasteiger partial charge in [-0.15, -0.1) is 11.8 Å². The molecule has 0 atom stereocenters. The highest BCUT2D eigenvalue weighted by molar-refractivity contribution is 8.02. The molecule has 26 heavy (non-hydrogen) atoms. The lowest BCUT2D eigenvalue weighted by Gasteiger charge is -2.30. The molecule has 2 heterocycles. The van der Waals surface area contributed by atoms with E-state index in [9.17, 15) is 4.79 Å². The number of hydrogen-bond donors (Lipinski definition) is 1. The number of aryl methyl sites for hydroxylation is 2. The van der Waals surface area contributed by atoms with Gasteiger partial charge in [0.25, 0.3) is 5.91 Å². The second kappa shape index (κ2) is 8.12. The quantitative estimate of drug-likeness (QED) is 0.779. The maximum absolute atomic E-state index is 12.8. The predicted octanol–water partition coefficient (Wildman–Crippen LogP) is 4.67. The van der Waals surface area contributed by atoms with E-state index >= 15 is 0 Å². The molecular weight excluding hydrogens is 342 g/mol. The molecule has 0 aliphatic heterocycles. The summed E-state index contributed by atoms with van der Waals surface area (Å²) in [6.45, 7) is 7.80. The van der Waals surface area contributed by atoms with Crippen LogP contribution in [0.2, 0.25) is 0 Å². The molecule has 4 nitrogen and oxygen atoms in total. The maximum Gasteiger partial charge on any atom is 0.255 e. The molecule has 3 rings (SSSR count). The van der Waals surface area contributed by atoms with Crippen molar-refractivity contribution in [2.45, 2.75) is 45.6 Å². The zero-order chi connectivity index (χ0) is 18.7. The van der Waals surface area contributed by atoms with E-state index < -0.39 is 0 Å². The Kier molecular flexibility index (Phi) is 5.87. The monoisotopic (exact) mass is 369 g/mol. The molecule has 0 saturated heterocycles. The Morgan fingerprint density at radius 3 is 2.73 bits per heavy atom. The van der Waals surface area contributed by atoms with E-state index in [-0.39, 0.29) is 11.9 Å². The number of fused-ring (bicyclic) bond motifs is 1. The topological polar surface area (TPSA) is 46.4 Å². The molecule has 1 aliphatic rings. The highest BCUT2D eigenvalue weighted by Crippen LogP contribution is 2.35. The van der Waals surface area contributed by atoms with Crippen LogP contribution in [0, 0.1) is 19.8 Å². The van der Waals surface area contributed by atoms with Crippen LogP contribution in [-0.2, 0) is 0 Å². The van der Waals surface area contributed by atoms with E-state index in [1.165, 1.54) is 4.91 Å². The van der Waals surface area contributed by atoms with Crippen molar-refractivity contribution in [1.29, 1.82) is 0 Å². The molecule has 0 bridgehead atoms. The Morgan fingerprint density at radius 2 is 2.08 bits per heavy atom. The molecule has 0 spiro atoms. The van der Waals surface area contributed by atoms with E-state index in [4.69, 9.17) is 0 Å². The van der Waals surface area contributed by atoms with Crippen LogP contribution < -0.4 is 5.32 Å². The van der Waals surface area contributed by atoms with Gasteiger partial charge in [-0.05, 0) is 68.7 Å². The van der Waals surface area contributed by atoms with E-state index in [0.29, 0.717) is 11.5 Å². The third-order valence-electron chi connectivity index (χ3n) is 5.17. The largest absolute Gasteiger partial charge is 0.349 e. The first-order chi connectivity index (χ1) is 12.5. The fraction of sp³-hybridized carbons (Fsp3) is 0.429. The summed E-state index contributed by atoms with van der Waals surface area (Å²) in [7, 11) is 0. The molecule has 0 unspecified atom stereocenters. The van der Waals surface area contributed by atoms with Gasteiger partial charge in [0.2, 0.25) is 0 Å². The number of aromatic nitrogens is 2. The maximum atomic E-state index is 12.8. The zero-order valence-corrected chi connectivity index (χ0v) is 16.6. The van der Waals surface area contributed by atoms with Crippen molar-refractivity contribution in [2.24, 2.45) is 5.92 Å². The smallest absolute Gasteiger partial charge is 0.255 e. The lowest BCUT2D eigenvalue weighted by Crippen LogP contribution is -2.37. The van der Waals surface area contributed by atoms with Crippen molar-refractivity contribution in [3.8, 4) is 0 Å². The molecule has 0 radical (unpaired) electrons. The fourth-order valence-electron chi connectivity index (χ4n) is 3.84. The van der Waals surface area contributed by atoms with Gasteiger partial charge >= 0.3 is 0 Å². The number of allylic oxidation sites excluding steroid dienone is 3. The van der Waals surface area contributed by atoms with Crippen molar-refractivity contribution < 1.29 is 4.79 Å². The van der Waals surface area contributed by atoms with E-state index in [0.717, 1.165) is 42.7 Å². The van der Waals surface area contributed by atoms with Crippen LogP contribution >= 0.6 is 11.8 Å². The molecule has 1 fully saturated rings. The van der Waals surface area contributed by atoms with E-state index in [1.807, 2.05) is 54.4 Å². The van der Waals surface area contributed by atoms with Crippen molar-refractivity contribution in [3.05, 3.63) is 58.9 Å². The summed E-state index contributed by atoms with van der Waals surface area (Å²) in [6, 6.07) is 4.14. The minimum absolute atomic E-state index is 0.0137. The van der Waals surface area contributed by atoms with Gasteiger partial charge in [-0.2, -0.15) is 0 Å². The van der Waals surface area contributed by atoms with Crippen LogP contribution in [0.4, 0.5) is 0 Å². The molecule has 1 amide bonds. The van der Waals surface area contributed by atoms with Gasteiger partial charge in [0.05, 0.1) is 5.56 Å². The van der Waals surface area contributed by atoms with Crippen LogP contribution in [0.3, 0.4) is 0 Å². The molecule has 2 aromatic rings. The van der Waals surface area contributed by atoms with Crippen molar-refractivity contribution in [3.63, 3.8) is 0 Å². The Balaban J connectivity index is 1.67. The first-order valence-corrected chi connectivity index (χ1v) is 10.4. The zero-order valence-electron chi connectivity index (χ0n) is 15.8. The van der Waals surface area contributed by atoms with Gasteiger partial charge in [0, 0.05) is 23.6 Å². The second-order valence-electron chi connectivity index (χ2n) is 6.99. The number of amides is 1. The molecule has 1 N–H and O–H groups in total. The number of hydrogen-bond acceptors (Lipinski definition) is 3. The highest BCUT2D eigenvalue weighted by atomic mass is 32.2. The number of thioether (sulfide) groups is 1. The standard InChI is InChI=1S/C21H27N3OS/c1-5-6-19(26-4)16-7-9-17(10-8-16)23-21(25)18-11-12-24-15(3)13-14(2)22-20(18)24/h5-6,11-13,16-17H,1,7-10H2,2-4H3,(H,23,25)/b19-6-. The summed E-state index contributed by atoms with van der Waals surface area (Å²) in [5.74, 6) is 0.582. The number of carbonyl (C=O) groups excluding carboxylic acids is 1. The van der Waals surface area contributed by atoms with Crippen molar-refractivity contribution >= 4 is 23.3 Å². The number of nitrogens with zero attached hydrogens (tertiary/aromatic N) is 2.